The van der Waals surface area contributed by atoms with Crippen molar-refractivity contribution < 1.29 is 18.0 Å². The van der Waals surface area contributed by atoms with Crippen molar-refractivity contribution in [3.8, 4) is 0 Å². The quantitative estimate of drug-likeness (QED) is 0.820. The summed E-state index contributed by atoms with van der Waals surface area (Å²) in [7, 11) is 0. The second-order valence-corrected chi connectivity index (χ2v) is 3.35. The van der Waals surface area contributed by atoms with Crippen molar-refractivity contribution in [2.24, 2.45) is 0 Å². The normalized spacial score (nSPS) is 11.5. The second kappa shape index (κ2) is 4.04. The maximum absolute atomic E-state index is 12.4. The van der Waals surface area contributed by atoms with Crippen LogP contribution >= 0.6 is 0 Å². The molecular formula is C11H7F3N2O. The molecule has 88 valence electrons. The van der Waals surface area contributed by atoms with Gasteiger partial charge < -0.3 is 4.98 Å². The summed E-state index contributed by atoms with van der Waals surface area (Å²) >= 11 is 0. The first-order chi connectivity index (χ1) is 7.98. The summed E-state index contributed by atoms with van der Waals surface area (Å²) in [5, 5.41) is 0. The van der Waals surface area contributed by atoms with Crippen LogP contribution in [-0.2, 0) is 6.18 Å². The Morgan fingerprint density at radius 1 is 1.29 bits per heavy atom. The first kappa shape index (κ1) is 11.4. The Balaban J connectivity index is 2.38. The summed E-state index contributed by atoms with van der Waals surface area (Å²) in [5.74, 6) is -0.551. The van der Waals surface area contributed by atoms with E-state index in [2.05, 4.69) is 9.97 Å². The fourth-order valence-electron chi connectivity index (χ4n) is 1.36. The van der Waals surface area contributed by atoms with Crippen molar-refractivity contribution in [2.45, 2.75) is 6.18 Å². The van der Waals surface area contributed by atoms with E-state index in [1.165, 1.54) is 24.5 Å². The average Bonchev–Trinajstić information content (AvgIpc) is 2.80. The minimum atomic E-state index is -4.46. The number of carbonyl (C=O) groups excluding carboxylic acids is 1. The smallest absolute Gasteiger partial charge is 0.342 e. The SMILES string of the molecule is O=C(c1cccc(C(F)(F)F)c1)c1ncc[nH]1. The van der Waals surface area contributed by atoms with Crippen LogP contribution in [0.25, 0.3) is 0 Å². The summed E-state index contributed by atoms with van der Waals surface area (Å²) in [6.45, 7) is 0. The molecule has 6 heteroatoms. The van der Waals surface area contributed by atoms with Crippen LogP contribution in [0.5, 0.6) is 0 Å². The highest BCUT2D eigenvalue weighted by atomic mass is 19.4. The number of hydrogen-bond donors (Lipinski definition) is 1. The molecule has 2 aromatic rings. The molecule has 0 atom stereocenters. The molecule has 0 radical (unpaired) electrons. The van der Waals surface area contributed by atoms with Crippen LogP contribution in [0.4, 0.5) is 13.2 Å². The fourth-order valence-corrected chi connectivity index (χ4v) is 1.36. The van der Waals surface area contributed by atoms with Crippen LogP contribution in [0.1, 0.15) is 21.7 Å². The number of H-pyrrole nitrogens is 1. The molecule has 3 nitrogen and oxygen atoms in total. The third-order valence-electron chi connectivity index (χ3n) is 2.17. The molecule has 0 spiro atoms. The van der Waals surface area contributed by atoms with E-state index >= 15 is 0 Å². The molecule has 1 aromatic carbocycles. The van der Waals surface area contributed by atoms with Gasteiger partial charge in [0.1, 0.15) is 0 Å². The van der Waals surface area contributed by atoms with Gasteiger partial charge in [0, 0.05) is 18.0 Å². The Morgan fingerprint density at radius 3 is 2.65 bits per heavy atom. The van der Waals surface area contributed by atoms with Crippen LogP contribution in [-0.4, -0.2) is 15.8 Å². The lowest BCUT2D eigenvalue weighted by molar-refractivity contribution is -0.137. The van der Waals surface area contributed by atoms with Gasteiger partial charge in [0.2, 0.25) is 5.78 Å². The fraction of sp³-hybridized carbons (Fsp3) is 0.0909. The highest BCUT2D eigenvalue weighted by molar-refractivity contribution is 6.06. The van der Waals surface area contributed by atoms with Crippen LogP contribution < -0.4 is 0 Å². The van der Waals surface area contributed by atoms with Crippen LogP contribution in [0.2, 0.25) is 0 Å². The van der Waals surface area contributed by atoms with E-state index in [1.807, 2.05) is 0 Å². The zero-order valence-corrected chi connectivity index (χ0v) is 8.45. The Bertz CT molecular complexity index is 532. The lowest BCUT2D eigenvalue weighted by Gasteiger charge is -2.07. The third kappa shape index (κ3) is 2.35. The number of benzene rings is 1. The molecular weight excluding hydrogens is 233 g/mol. The molecule has 0 saturated heterocycles. The Hall–Kier alpha value is -2.11. The minimum absolute atomic E-state index is 0.0179. The number of nitrogens with zero attached hydrogens (tertiary/aromatic N) is 1. The van der Waals surface area contributed by atoms with Crippen molar-refractivity contribution in [3.63, 3.8) is 0 Å². The zero-order valence-electron chi connectivity index (χ0n) is 8.45. The Morgan fingerprint density at radius 2 is 2.06 bits per heavy atom. The van der Waals surface area contributed by atoms with E-state index in [4.69, 9.17) is 0 Å². The van der Waals surface area contributed by atoms with E-state index in [0.717, 1.165) is 12.1 Å². The van der Waals surface area contributed by atoms with E-state index in [9.17, 15) is 18.0 Å². The highest BCUT2D eigenvalue weighted by Crippen LogP contribution is 2.29. The molecule has 0 bridgehead atoms. The van der Waals surface area contributed by atoms with Crippen LogP contribution in [0.15, 0.2) is 36.7 Å². The number of hydrogen-bond acceptors (Lipinski definition) is 2. The predicted octanol–water partition coefficient (Wildman–Crippen LogP) is 2.66. The van der Waals surface area contributed by atoms with Crippen molar-refractivity contribution in [3.05, 3.63) is 53.6 Å². The van der Waals surface area contributed by atoms with E-state index < -0.39 is 17.5 Å². The van der Waals surface area contributed by atoms with Gasteiger partial charge in [-0.3, -0.25) is 4.79 Å². The number of nitrogens with one attached hydrogen (secondary N) is 1. The number of carbonyl (C=O) groups is 1. The van der Waals surface area contributed by atoms with Gasteiger partial charge in [-0.1, -0.05) is 12.1 Å². The first-order valence-corrected chi connectivity index (χ1v) is 4.70. The number of imidazole rings is 1. The molecule has 1 aromatic heterocycles. The zero-order chi connectivity index (χ0) is 12.5. The van der Waals surface area contributed by atoms with Gasteiger partial charge in [-0.2, -0.15) is 13.2 Å². The Labute approximate surface area is 94.3 Å². The molecule has 0 fully saturated rings. The third-order valence-corrected chi connectivity index (χ3v) is 2.17. The maximum atomic E-state index is 12.4. The number of halogens is 3. The van der Waals surface area contributed by atoms with Crippen molar-refractivity contribution in [1.29, 1.82) is 0 Å². The van der Waals surface area contributed by atoms with Crippen molar-refractivity contribution in [2.75, 3.05) is 0 Å². The number of ketones is 1. The molecule has 0 aliphatic carbocycles. The second-order valence-electron chi connectivity index (χ2n) is 3.35. The van der Waals surface area contributed by atoms with E-state index in [1.54, 1.807) is 0 Å². The van der Waals surface area contributed by atoms with Gasteiger partial charge in [0.15, 0.2) is 5.82 Å². The number of aromatic nitrogens is 2. The van der Waals surface area contributed by atoms with Gasteiger partial charge >= 0.3 is 6.18 Å². The molecule has 0 amide bonds. The lowest BCUT2D eigenvalue weighted by Crippen LogP contribution is -2.09. The summed E-state index contributed by atoms with van der Waals surface area (Å²) < 4.78 is 37.3. The molecule has 17 heavy (non-hydrogen) atoms. The molecule has 0 aliphatic heterocycles. The molecule has 1 heterocycles. The summed E-state index contributed by atoms with van der Waals surface area (Å²) in [5.41, 5.74) is -0.898. The molecule has 0 aliphatic rings. The summed E-state index contributed by atoms with van der Waals surface area (Å²) in [6.07, 6.45) is -1.67. The lowest BCUT2D eigenvalue weighted by atomic mass is 10.1. The summed E-state index contributed by atoms with van der Waals surface area (Å²) in [6, 6.07) is 4.24. The monoisotopic (exact) mass is 240 g/mol. The van der Waals surface area contributed by atoms with Crippen LogP contribution in [0, 0.1) is 0 Å². The number of aromatic amines is 1. The predicted molar refractivity (Wildman–Crippen MR) is 53.5 cm³/mol. The topological polar surface area (TPSA) is 45.8 Å². The number of alkyl halides is 3. The average molecular weight is 240 g/mol. The van der Waals surface area contributed by atoms with Gasteiger partial charge in [-0.25, -0.2) is 4.98 Å². The Kier molecular flexibility index (Phi) is 2.71. The largest absolute Gasteiger partial charge is 0.416 e. The highest BCUT2D eigenvalue weighted by Gasteiger charge is 2.31. The molecule has 0 saturated carbocycles. The van der Waals surface area contributed by atoms with E-state index in [0.29, 0.717) is 0 Å². The van der Waals surface area contributed by atoms with Gasteiger partial charge in [-0.15, -0.1) is 0 Å². The molecule has 2 rings (SSSR count). The van der Waals surface area contributed by atoms with Gasteiger partial charge in [0.05, 0.1) is 5.56 Å². The van der Waals surface area contributed by atoms with Gasteiger partial charge in [0.25, 0.3) is 0 Å². The molecule has 1 N–H and O–H groups in total. The molecule has 0 unspecified atom stereocenters. The van der Waals surface area contributed by atoms with Crippen LogP contribution in [0.3, 0.4) is 0 Å². The van der Waals surface area contributed by atoms with Crippen molar-refractivity contribution >= 4 is 5.78 Å². The van der Waals surface area contributed by atoms with Crippen molar-refractivity contribution in [1.82, 2.24) is 9.97 Å². The first-order valence-electron chi connectivity index (χ1n) is 4.70. The summed E-state index contributed by atoms with van der Waals surface area (Å²) in [4.78, 5) is 18.0. The van der Waals surface area contributed by atoms with Gasteiger partial charge in [-0.05, 0) is 12.1 Å². The number of rotatable bonds is 2. The van der Waals surface area contributed by atoms with E-state index in [-0.39, 0.29) is 11.4 Å². The minimum Gasteiger partial charge on any atom is -0.342 e. The standard InChI is InChI=1S/C11H7F3N2O/c12-11(13,14)8-3-1-2-7(6-8)9(17)10-15-4-5-16-10/h1-6H,(H,15,16). The maximum Gasteiger partial charge on any atom is 0.416 e.